The molecule has 21 heteroatoms. The maximum Gasteiger partial charge on any atom is 0.474 e. The first-order valence-electron chi connectivity index (χ1n) is 17.1. The molecule has 0 spiro atoms. The third-order valence-electron chi connectivity index (χ3n) is 8.25. The second kappa shape index (κ2) is 22.4. The summed E-state index contributed by atoms with van der Waals surface area (Å²) in [7, 11) is -5.34. The van der Waals surface area contributed by atoms with Crippen molar-refractivity contribution in [3.63, 3.8) is 0 Å². The van der Waals surface area contributed by atoms with Crippen LogP contribution in [0.4, 0.5) is 4.79 Å². The van der Waals surface area contributed by atoms with Crippen molar-refractivity contribution in [3.05, 3.63) is 34.9 Å². The van der Waals surface area contributed by atoms with Crippen LogP contribution in [0, 0.1) is 0 Å². The van der Waals surface area contributed by atoms with E-state index in [-0.39, 0.29) is 6.61 Å². The molecule has 308 valence electrons. The Morgan fingerprint density at radius 2 is 1.52 bits per heavy atom. The Hall–Kier alpha value is -3.11. The first-order valence-corrected chi connectivity index (χ1v) is 18.6. The van der Waals surface area contributed by atoms with E-state index in [2.05, 4.69) is 38.2 Å². The summed E-state index contributed by atoms with van der Waals surface area (Å²) in [6.07, 6.45) is -10.7. The average molecular weight is 796 g/mol. The van der Waals surface area contributed by atoms with Gasteiger partial charge in [-0.15, -0.1) is 0 Å². The van der Waals surface area contributed by atoms with Crippen molar-refractivity contribution in [2.75, 3.05) is 19.8 Å². The molecule has 2 fully saturated rings. The second-order valence-electron chi connectivity index (χ2n) is 13.1. The van der Waals surface area contributed by atoms with Crippen molar-refractivity contribution >= 4 is 32.0 Å². The third kappa shape index (κ3) is 15.2. The maximum atomic E-state index is 13.2. The summed E-state index contributed by atoms with van der Waals surface area (Å²) in [5.74, 6) is -2.11. The molecule has 0 aromatic heterocycles. The summed E-state index contributed by atoms with van der Waals surface area (Å²) in [5, 5.41) is 43.9. The first kappa shape index (κ1) is 47.0. The van der Waals surface area contributed by atoms with Crippen molar-refractivity contribution in [2.45, 2.75) is 128 Å². The van der Waals surface area contributed by atoms with Crippen LogP contribution in [0.3, 0.4) is 0 Å². The highest BCUT2D eigenvalue weighted by molar-refractivity contribution is 7.47. The minimum atomic E-state index is -5.34. The molecule has 6 unspecified atom stereocenters. The number of ether oxygens (including phenoxy) is 5. The van der Waals surface area contributed by atoms with E-state index < -0.39 is 106 Å². The number of aldehydes is 1. The molecule has 2 saturated heterocycles. The fourth-order valence-corrected chi connectivity index (χ4v) is 6.24. The van der Waals surface area contributed by atoms with E-state index in [1.54, 1.807) is 6.08 Å². The van der Waals surface area contributed by atoms with E-state index in [1.807, 2.05) is 6.92 Å². The number of rotatable bonds is 21. The topological polar surface area (TPSA) is 315 Å². The Morgan fingerprint density at radius 1 is 0.889 bits per heavy atom. The number of phosphoric ester groups is 1. The number of nitrogens with two attached hydrogens (primary N) is 2. The lowest BCUT2D eigenvalue weighted by atomic mass is 9.95. The van der Waals surface area contributed by atoms with Gasteiger partial charge in [-0.1, -0.05) is 34.9 Å². The van der Waals surface area contributed by atoms with E-state index >= 15 is 0 Å². The van der Waals surface area contributed by atoms with Gasteiger partial charge in [0.25, 0.3) is 0 Å². The Balaban J connectivity index is 2.21. The highest BCUT2D eigenvalue weighted by Crippen LogP contribution is 2.47. The molecular weight excluding hydrogens is 741 g/mol. The normalized spacial score (nSPS) is 30.8. The summed E-state index contributed by atoms with van der Waals surface area (Å²) >= 11 is 0. The van der Waals surface area contributed by atoms with Crippen LogP contribution in [0.5, 0.6) is 0 Å². The molecule has 12 atom stereocenters. The number of aliphatic hydroxyl groups excluding tert-OH is 4. The van der Waals surface area contributed by atoms with Crippen molar-refractivity contribution in [1.82, 2.24) is 5.32 Å². The fourth-order valence-electron chi connectivity index (χ4n) is 5.41. The van der Waals surface area contributed by atoms with Crippen molar-refractivity contribution < 1.29 is 81.8 Å². The van der Waals surface area contributed by atoms with Crippen LogP contribution in [0.2, 0.25) is 0 Å². The van der Waals surface area contributed by atoms with Gasteiger partial charge in [0.15, 0.2) is 37.2 Å². The van der Waals surface area contributed by atoms with Crippen LogP contribution in [0.1, 0.15) is 60.3 Å². The lowest BCUT2D eigenvalue weighted by molar-refractivity contribution is -0.339. The van der Waals surface area contributed by atoms with Gasteiger partial charge in [0.05, 0.1) is 19.8 Å². The Morgan fingerprint density at radius 3 is 2.07 bits per heavy atom. The highest BCUT2D eigenvalue weighted by Gasteiger charge is 2.56. The molecule has 3 amide bonds. The minimum absolute atomic E-state index is 0.0450. The molecule has 54 heavy (non-hydrogen) atoms. The molecule has 2 rings (SSSR count). The van der Waals surface area contributed by atoms with Crippen molar-refractivity contribution in [2.24, 2.45) is 11.5 Å². The van der Waals surface area contributed by atoms with Crippen LogP contribution in [-0.4, -0.2) is 137 Å². The predicted molar refractivity (Wildman–Crippen MR) is 187 cm³/mol. The average Bonchev–Trinajstić information content (AvgIpc) is 3.07. The number of nitrogens with one attached hydrogen (secondary N) is 1. The quantitative estimate of drug-likeness (QED) is 0.0412. The summed E-state index contributed by atoms with van der Waals surface area (Å²) < 4.78 is 50.2. The predicted octanol–water partition coefficient (Wildman–Crippen LogP) is -0.513. The molecule has 2 aliphatic rings. The van der Waals surface area contributed by atoms with Gasteiger partial charge in [-0.25, -0.2) is 9.36 Å². The van der Waals surface area contributed by atoms with E-state index in [1.165, 1.54) is 11.1 Å². The zero-order chi connectivity index (χ0) is 40.7. The smallest absolute Gasteiger partial charge is 0.440 e. The van der Waals surface area contributed by atoms with Crippen LogP contribution in [0.25, 0.3) is 0 Å². The summed E-state index contributed by atoms with van der Waals surface area (Å²) in [5.41, 5.74) is 14.0. The van der Waals surface area contributed by atoms with E-state index in [0.29, 0.717) is 6.29 Å². The summed E-state index contributed by atoms with van der Waals surface area (Å²) in [6, 6.07) is -1.61. The largest absolute Gasteiger partial charge is 0.474 e. The summed E-state index contributed by atoms with van der Waals surface area (Å²) in [4.78, 5) is 58.3. The number of carbonyl (C=O) groups is 4. The van der Waals surface area contributed by atoms with E-state index in [9.17, 15) is 49.1 Å². The Bertz CT molecular complexity index is 1410. The maximum absolute atomic E-state index is 13.2. The molecule has 0 aromatic carbocycles. The number of allylic oxidation sites excluding steroid dienone is 5. The second-order valence-corrected chi connectivity index (χ2v) is 14.5. The van der Waals surface area contributed by atoms with Crippen molar-refractivity contribution in [1.29, 1.82) is 0 Å². The zero-order valence-electron chi connectivity index (χ0n) is 30.8. The van der Waals surface area contributed by atoms with Crippen LogP contribution >= 0.6 is 7.82 Å². The Labute approximate surface area is 313 Å². The molecule has 0 radical (unpaired) electrons. The molecule has 10 N–H and O–H groups in total. The fraction of sp³-hybridized carbons (Fsp3) is 0.697. The van der Waals surface area contributed by atoms with E-state index in [4.69, 9.17) is 44.2 Å². The molecule has 0 aromatic rings. The number of aliphatic hydroxyl groups is 4. The zero-order valence-corrected chi connectivity index (χ0v) is 31.7. The number of hydrogen-bond acceptors (Lipinski definition) is 16. The van der Waals surface area contributed by atoms with Gasteiger partial charge in [-0.3, -0.25) is 18.6 Å². The SMILES string of the molecule is CC(=O)NC1C(O)[C@H](O)C(CO)O[C@H]1OC1[C@@H](OP(=O)(O)OC[C@@H](C=O)OC/C=C(/C)CC/C=C(\C)CCC=C(C)C)OC(C(N)=O)[C@H](O)[C@@H]1OC(N)=O. The van der Waals surface area contributed by atoms with Crippen LogP contribution < -0.4 is 16.8 Å². The molecule has 2 heterocycles. The van der Waals surface area contributed by atoms with Gasteiger partial charge in [0, 0.05) is 6.92 Å². The van der Waals surface area contributed by atoms with E-state index in [0.717, 1.165) is 38.2 Å². The number of primary amides is 2. The van der Waals surface area contributed by atoms with Crippen LogP contribution in [-0.2, 0) is 51.7 Å². The molecule has 0 saturated carbocycles. The number of phosphoric acid groups is 1. The summed E-state index contributed by atoms with van der Waals surface area (Å²) in [6.45, 7) is 7.36. The van der Waals surface area contributed by atoms with Crippen molar-refractivity contribution in [3.8, 4) is 0 Å². The molecule has 0 bridgehead atoms. The molecule has 2 aliphatic heterocycles. The van der Waals surface area contributed by atoms with Gasteiger partial charge < -0.3 is 70.6 Å². The van der Waals surface area contributed by atoms with Gasteiger partial charge in [0.2, 0.25) is 11.8 Å². The molecular formula is C33H54N3O17P. The molecule has 20 nitrogen and oxygen atoms in total. The standard InChI is InChI=1S/C33H54N3O17P/c1-17(2)8-6-9-18(3)10-7-11-19(4)12-13-47-21(14-37)16-48-54(45,46)53-32-29(27(52-33(35)44)26(42)28(50-32)30(34)43)51-31-23(36-20(5)39)25(41)24(40)22(15-38)49-31/h8,10,12,14,21-29,31-32,38,40-42H,6-7,9,11,13,15-16H2,1-5H3,(H2,34,43)(H2,35,44)(H,36,39)(H,45,46)/b18-10+,19-12-/t21-,22?,23?,24-,25?,26-,27+,28?,29?,31+,32-/m1/s1. The number of carbonyl (C=O) groups excluding carboxylic acids is 4. The molecule has 0 aliphatic carbocycles. The lowest BCUT2D eigenvalue weighted by Gasteiger charge is -2.47. The Kier molecular flexibility index (Phi) is 19.6. The minimum Gasteiger partial charge on any atom is -0.440 e. The lowest BCUT2D eigenvalue weighted by Crippen LogP contribution is -2.68. The van der Waals surface area contributed by atoms with Gasteiger partial charge in [0.1, 0.15) is 36.6 Å². The first-order chi connectivity index (χ1) is 25.3. The highest BCUT2D eigenvalue weighted by atomic mass is 31.2. The monoisotopic (exact) mass is 795 g/mol. The van der Waals surface area contributed by atoms with Gasteiger partial charge in [-0.05, 0) is 53.4 Å². The van der Waals surface area contributed by atoms with Gasteiger partial charge in [-0.2, -0.15) is 0 Å². The number of hydrogen-bond donors (Lipinski definition) is 8. The van der Waals surface area contributed by atoms with Gasteiger partial charge >= 0.3 is 13.9 Å². The third-order valence-corrected chi connectivity index (χ3v) is 9.20. The number of amides is 3. The van der Waals surface area contributed by atoms with Crippen LogP contribution in [0.15, 0.2) is 34.9 Å².